The lowest BCUT2D eigenvalue weighted by atomic mass is 10.1. The van der Waals surface area contributed by atoms with Crippen molar-refractivity contribution in [2.75, 3.05) is 17.6 Å². The molecule has 2 rings (SSSR count). The fourth-order valence-corrected chi connectivity index (χ4v) is 3.14. The van der Waals surface area contributed by atoms with Crippen LogP contribution >= 0.6 is 0 Å². The van der Waals surface area contributed by atoms with Gasteiger partial charge in [-0.2, -0.15) is 0 Å². The molecule has 0 aromatic heterocycles. The van der Waals surface area contributed by atoms with Crippen LogP contribution in [-0.4, -0.2) is 15.5 Å². The molecule has 0 spiro atoms. The minimum Gasteiger partial charge on any atom is -0.495 e. The first-order valence-electron chi connectivity index (χ1n) is 6.37. The third-order valence-electron chi connectivity index (χ3n) is 3.14. The third-order valence-corrected chi connectivity index (χ3v) is 4.50. The maximum absolute atomic E-state index is 12.4. The van der Waals surface area contributed by atoms with Gasteiger partial charge >= 0.3 is 0 Å². The number of nitrogens with two attached hydrogens (primary N) is 1. The second-order valence-electron chi connectivity index (χ2n) is 4.83. The summed E-state index contributed by atoms with van der Waals surface area (Å²) in [5.41, 5.74) is 8.58. The van der Waals surface area contributed by atoms with Crippen molar-refractivity contribution in [2.24, 2.45) is 0 Å². The van der Waals surface area contributed by atoms with E-state index in [-0.39, 0.29) is 4.90 Å². The van der Waals surface area contributed by atoms with E-state index in [1.54, 1.807) is 6.07 Å². The predicted molar refractivity (Wildman–Crippen MR) is 84.1 cm³/mol. The summed E-state index contributed by atoms with van der Waals surface area (Å²) in [6, 6.07) is 9.88. The summed E-state index contributed by atoms with van der Waals surface area (Å²) in [6.45, 7) is 3.81. The molecule has 0 aliphatic heterocycles. The Labute approximate surface area is 124 Å². The molecule has 0 heterocycles. The number of ether oxygens (including phenoxy) is 1. The Morgan fingerprint density at radius 1 is 1.10 bits per heavy atom. The fourth-order valence-electron chi connectivity index (χ4n) is 1.99. The number of benzene rings is 2. The van der Waals surface area contributed by atoms with Crippen LogP contribution in [-0.2, 0) is 10.0 Å². The Morgan fingerprint density at radius 3 is 2.43 bits per heavy atom. The Hall–Kier alpha value is -2.21. The van der Waals surface area contributed by atoms with Crippen molar-refractivity contribution in [3.63, 3.8) is 0 Å². The van der Waals surface area contributed by atoms with Crippen LogP contribution in [0.4, 0.5) is 11.4 Å². The van der Waals surface area contributed by atoms with Crippen molar-refractivity contribution in [1.29, 1.82) is 0 Å². The molecule has 0 saturated heterocycles. The van der Waals surface area contributed by atoms with Crippen LogP contribution in [0.5, 0.6) is 5.75 Å². The first-order valence-corrected chi connectivity index (χ1v) is 7.85. The van der Waals surface area contributed by atoms with Crippen LogP contribution in [0.1, 0.15) is 11.1 Å². The van der Waals surface area contributed by atoms with Gasteiger partial charge in [-0.15, -0.1) is 0 Å². The van der Waals surface area contributed by atoms with Crippen molar-refractivity contribution in [1.82, 2.24) is 0 Å². The van der Waals surface area contributed by atoms with Gasteiger partial charge in [0.15, 0.2) is 0 Å². The number of hydrogen-bond acceptors (Lipinski definition) is 4. The third kappa shape index (κ3) is 3.28. The van der Waals surface area contributed by atoms with E-state index in [1.165, 1.54) is 25.3 Å². The summed E-state index contributed by atoms with van der Waals surface area (Å²) in [5.74, 6) is 0.332. The Bertz CT molecular complexity index is 770. The normalized spacial score (nSPS) is 11.2. The number of aryl methyl sites for hydroxylation is 2. The average molecular weight is 306 g/mol. The molecule has 0 aliphatic rings. The summed E-state index contributed by atoms with van der Waals surface area (Å²) in [5, 5.41) is 0. The molecular weight excluding hydrogens is 288 g/mol. The molecule has 0 unspecified atom stereocenters. The minimum atomic E-state index is -3.68. The van der Waals surface area contributed by atoms with Crippen molar-refractivity contribution >= 4 is 21.4 Å². The first kappa shape index (κ1) is 15.2. The molecule has 6 heteroatoms. The van der Waals surface area contributed by atoms with E-state index in [4.69, 9.17) is 10.5 Å². The standard InChI is InChI=1S/C15H18N2O3S/c1-10-4-7-14(11(2)8-10)17-21(18,19)12-5-6-13(16)15(9-12)20-3/h4-9,17H,16H2,1-3H3. The molecule has 3 N–H and O–H groups in total. The second-order valence-corrected chi connectivity index (χ2v) is 6.51. The molecule has 2 aromatic rings. The van der Waals surface area contributed by atoms with Crippen LogP contribution in [0.2, 0.25) is 0 Å². The quantitative estimate of drug-likeness (QED) is 0.851. The maximum atomic E-state index is 12.4. The van der Waals surface area contributed by atoms with Crippen molar-refractivity contribution < 1.29 is 13.2 Å². The Balaban J connectivity index is 2.38. The molecule has 5 nitrogen and oxygen atoms in total. The van der Waals surface area contributed by atoms with Crippen LogP contribution in [0.15, 0.2) is 41.3 Å². The van der Waals surface area contributed by atoms with Crippen LogP contribution in [0, 0.1) is 13.8 Å². The van der Waals surface area contributed by atoms with Crippen molar-refractivity contribution in [3.05, 3.63) is 47.5 Å². The van der Waals surface area contributed by atoms with Crippen molar-refractivity contribution in [3.8, 4) is 5.75 Å². The van der Waals surface area contributed by atoms with E-state index < -0.39 is 10.0 Å². The van der Waals surface area contributed by atoms with Gasteiger partial charge in [-0.3, -0.25) is 4.72 Å². The highest BCUT2D eigenvalue weighted by Crippen LogP contribution is 2.27. The van der Waals surface area contributed by atoms with Gasteiger partial charge in [0.25, 0.3) is 10.0 Å². The lowest BCUT2D eigenvalue weighted by Gasteiger charge is -2.12. The number of rotatable bonds is 4. The summed E-state index contributed by atoms with van der Waals surface area (Å²) in [4.78, 5) is 0.105. The summed E-state index contributed by atoms with van der Waals surface area (Å²) < 4.78 is 32.5. The topological polar surface area (TPSA) is 81.4 Å². The molecular formula is C15H18N2O3S. The zero-order valence-electron chi connectivity index (χ0n) is 12.2. The highest BCUT2D eigenvalue weighted by Gasteiger charge is 2.17. The molecule has 2 aromatic carbocycles. The number of nitrogen functional groups attached to an aromatic ring is 1. The molecule has 21 heavy (non-hydrogen) atoms. The molecule has 0 saturated carbocycles. The zero-order valence-corrected chi connectivity index (χ0v) is 13.0. The second kappa shape index (κ2) is 5.65. The van der Waals surface area contributed by atoms with E-state index in [9.17, 15) is 8.42 Å². The van der Waals surface area contributed by atoms with Gasteiger partial charge in [-0.1, -0.05) is 17.7 Å². The van der Waals surface area contributed by atoms with Crippen molar-refractivity contribution in [2.45, 2.75) is 18.7 Å². The molecule has 0 amide bonds. The van der Waals surface area contributed by atoms with Gasteiger partial charge in [0.1, 0.15) is 5.75 Å². The highest BCUT2D eigenvalue weighted by atomic mass is 32.2. The summed E-state index contributed by atoms with van der Waals surface area (Å²) in [6.07, 6.45) is 0. The molecule has 112 valence electrons. The predicted octanol–water partition coefficient (Wildman–Crippen LogP) is 2.70. The molecule has 0 radical (unpaired) electrons. The van der Waals surface area contributed by atoms with Gasteiger partial charge in [-0.25, -0.2) is 8.42 Å². The van der Waals surface area contributed by atoms with Crippen LogP contribution < -0.4 is 15.2 Å². The van der Waals surface area contributed by atoms with E-state index in [1.807, 2.05) is 26.0 Å². The van der Waals surface area contributed by atoms with Gasteiger partial charge in [0.2, 0.25) is 0 Å². The molecule has 0 bridgehead atoms. The number of methoxy groups -OCH3 is 1. The SMILES string of the molecule is COc1cc(S(=O)(=O)Nc2ccc(C)cc2C)ccc1N. The highest BCUT2D eigenvalue weighted by molar-refractivity contribution is 7.92. The number of sulfonamides is 1. The fraction of sp³-hybridized carbons (Fsp3) is 0.200. The molecule has 0 atom stereocenters. The maximum Gasteiger partial charge on any atom is 0.262 e. The first-order chi connectivity index (χ1) is 9.83. The van der Waals surface area contributed by atoms with Gasteiger partial charge < -0.3 is 10.5 Å². The Morgan fingerprint density at radius 2 is 1.81 bits per heavy atom. The van der Waals surface area contributed by atoms with Gasteiger partial charge in [0, 0.05) is 6.07 Å². The molecule has 0 aliphatic carbocycles. The number of anilines is 2. The lowest BCUT2D eigenvalue weighted by molar-refractivity contribution is 0.415. The Kier molecular flexibility index (Phi) is 4.09. The number of hydrogen-bond donors (Lipinski definition) is 2. The largest absolute Gasteiger partial charge is 0.495 e. The van der Waals surface area contributed by atoms with Crippen LogP contribution in [0.3, 0.4) is 0 Å². The molecule has 0 fully saturated rings. The summed E-state index contributed by atoms with van der Waals surface area (Å²) in [7, 11) is -2.24. The average Bonchev–Trinajstić information content (AvgIpc) is 2.42. The van der Waals surface area contributed by atoms with Gasteiger partial charge in [0.05, 0.1) is 23.4 Å². The van der Waals surface area contributed by atoms with E-state index in [0.29, 0.717) is 17.1 Å². The van der Waals surface area contributed by atoms with Crippen LogP contribution in [0.25, 0.3) is 0 Å². The van der Waals surface area contributed by atoms with E-state index in [0.717, 1.165) is 11.1 Å². The van der Waals surface area contributed by atoms with Gasteiger partial charge in [-0.05, 0) is 37.6 Å². The number of nitrogens with one attached hydrogen (secondary N) is 1. The minimum absolute atomic E-state index is 0.105. The summed E-state index contributed by atoms with van der Waals surface area (Å²) >= 11 is 0. The monoisotopic (exact) mass is 306 g/mol. The smallest absolute Gasteiger partial charge is 0.262 e. The van der Waals surface area contributed by atoms with E-state index >= 15 is 0 Å². The lowest BCUT2D eigenvalue weighted by Crippen LogP contribution is -2.14. The zero-order chi connectivity index (χ0) is 15.6. The van der Waals surface area contributed by atoms with E-state index in [2.05, 4.69) is 4.72 Å².